The molecule has 2 rings (SSSR count). The van der Waals surface area contributed by atoms with Crippen molar-refractivity contribution in [1.29, 1.82) is 0 Å². The van der Waals surface area contributed by atoms with Crippen LogP contribution in [0.5, 0.6) is 11.5 Å². The Morgan fingerprint density at radius 2 is 2.07 bits per heavy atom. The highest BCUT2D eigenvalue weighted by molar-refractivity contribution is 7.09. The molecule has 1 heterocycles. The van der Waals surface area contributed by atoms with Crippen LogP contribution in [0, 0.1) is 0 Å². The first kappa shape index (κ1) is 9.98. The molecule has 1 aromatic heterocycles. The van der Waals surface area contributed by atoms with Gasteiger partial charge in [-0.1, -0.05) is 12.1 Å². The number of methoxy groups -OCH3 is 1. The maximum atomic E-state index is 5.62. The Hall–Kier alpha value is -1.55. The molecular formula is C11H11NO2S. The molecular weight excluding hydrogens is 210 g/mol. The Morgan fingerprint density at radius 3 is 2.73 bits per heavy atom. The summed E-state index contributed by atoms with van der Waals surface area (Å²) >= 11 is 1.58. The molecule has 1 aromatic carbocycles. The van der Waals surface area contributed by atoms with E-state index in [9.17, 15) is 0 Å². The van der Waals surface area contributed by atoms with Crippen LogP contribution in [-0.2, 0) is 6.61 Å². The topological polar surface area (TPSA) is 31.4 Å². The van der Waals surface area contributed by atoms with Gasteiger partial charge in [0.25, 0.3) is 0 Å². The van der Waals surface area contributed by atoms with E-state index in [4.69, 9.17) is 9.47 Å². The molecule has 0 spiro atoms. The molecule has 0 aliphatic rings. The quantitative estimate of drug-likeness (QED) is 0.795. The molecule has 2 aromatic rings. The molecule has 0 radical (unpaired) electrons. The minimum atomic E-state index is 0.533. The summed E-state index contributed by atoms with van der Waals surface area (Å²) in [6.45, 7) is 0.533. The molecule has 0 bridgehead atoms. The second-order valence-corrected chi connectivity index (χ2v) is 3.88. The van der Waals surface area contributed by atoms with Gasteiger partial charge in [0.2, 0.25) is 0 Å². The Bertz CT molecular complexity index is 414. The van der Waals surface area contributed by atoms with Gasteiger partial charge in [-0.15, -0.1) is 11.3 Å². The van der Waals surface area contributed by atoms with Crippen molar-refractivity contribution in [2.45, 2.75) is 6.61 Å². The minimum absolute atomic E-state index is 0.533. The third kappa shape index (κ3) is 2.47. The lowest BCUT2D eigenvalue weighted by molar-refractivity contribution is 0.287. The van der Waals surface area contributed by atoms with Crippen molar-refractivity contribution in [2.75, 3.05) is 7.11 Å². The van der Waals surface area contributed by atoms with Crippen molar-refractivity contribution in [3.8, 4) is 11.5 Å². The van der Waals surface area contributed by atoms with Crippen LogP contribution in [0.25, 0.3) is 0 Å². The zero-order valence-electron chi connectivity index (χ0n) is 8.34. The Labute approximate surface area is 92.3 Å². The van der Waals surface area contributed by atoms with Gasteiger partial charge in [0.05, 0.1) is 17.5 Å². The molecule has 0 saturated carbocycles. The van der Waals surface area contributed by atoms with Gasteiger partial charge in [0, 0.05) is 6.20 Å². The first-order chi connectivity index (χ1) is 7.40. The van der Waals surface area contributed by atoms with Crippen LogP contribution in [0.1, 0.15) is 4.88 Å². The minimum Gasteiger partial charge on any atom is -0.493 e. The van der Waals surface area contributed by atoms with Crippen LogP contribution >= 0.6 is 11.3 Å². The van der Waals surface area contributed by atoms with Crippen LogP contribution in [0.2, 0.25) is 0 Å². The van der Waals surface area contributed by atoms with Crippen LogP contribution < -0.4 is 9.47 Å². The fraction of sp³-hybridized carbons (Fsp3) is 0.182. The first-order valence-electron chi connectivity index (χ1n) is 4.53. The third-order valence-corrected chi connectivity index (χ3v) is 2.68. The van der Waals surface area contributed by atoms with E-state index in [0.29, 0.717) is 6.61 Å². The van der Waals surface area contributed by atoms with E-state index in [1.807, 2.05) is 24.3 Å². The summed E-state index contributed by atoms with van der Waals surface area (Å²) in [4.78, 5) is 5.08. The van der Waals surface area contributed by atoms with E-state index in [1.165, 1.54) is 0 Å². The van der Waals surface area contributed by atoms with Crippen molar-refractivity contribution < 1.29 is 9.47 Å². The lowest BCUT2D eigenvalue weighted by atomic mass is 10.3. The number of ether oxygens (including phenoxy) is 2. The summed E-state index contributed by atoms with van der Waals surface area (Å²) in [6, 6.07) is 7.60. The zero-order chi connectivity index (χ0) is 10.5. The fourth-order valence-electron chi connectivity index (χ4n) is 1.20. The van der Waals surface area contributed by atoms with Gasteiger partial charge >= 0.3 is 0 Å². The third-order valence-electron chi connectivity index (χ3n) is 1.92. The molecule has 78 valence electrons. The predicted octanol–water partition coefficient (Wildman–Crippen LogP) is 2.73. The summed E-state index contributed by atoms with van der Waals surface area (Å²) in [5.41, 5.74) is 1.79. The molecule has 0 fully saturated rings. The summed E-state index contributed by atoms with van der Waals surface area (Å²) in [5.74, 6) is 1.51. The van der Waals surface area contributed by atoms with Crippen molar-refractivity contribution in [1.82, 2.24) is 4.98 Å². The van der Waals surface area contributed by atoms with Gasteiger partial charge in [-0.2, -0.15) is 0 Å². The standard InChI is InChI=1S/C11H11NO2S/c1-13-10-4-2-3-5-11(10)14-7-9-6-12-8-15-9/h2-6,8H,7H2,1H3. The highest BCUT2D eigenvalue weighted by Crippen LogP contribution is 2.26. The average Bonchev–Trinajstić information content (AvgIpc) is 2.79. The molecule has 0 N–H and O–H groups in total. The van der Waals surface area contributed by atoms with Crippen molar-refractivity contribution >= 4 is 11.3 Å². The van der Waals surface area contributed by atoms with E-state index in [0.717, 1.165) is 16.4 Å². The molecule has 0 saturated heterocycles. The largest absolute Gasteiger partial charge is 0.493 e. The lowest BCUT2D eigenvalue weighted by Crippen LogP contribution is -1.95. The zero-order valence-corrected chi connectivity index (χ0v) is 9.16. The van der Waals surface area contributed by atoms with Gasteiger partial charge in [-0.25, -0.2) is 0 Å². The van der Waals surface area contributed by atoms with Crippen LogP contribution in [0.3, 0.4) is 0 Å². The number of benzene rings is 1. The Kier molecular flexibility index (Phi) is 3.19. The number of hydrogen-bond donors (Lipinski definition) is 0. The second kappa shape index (κ2) is 4.79. The average molecular weight is 221 g/mol. The summed E-state index contributed by atoms with van der Waals surface area (Å²) in [5, 5.41) is 0. The Balaban J connectivity index is 2.04. The smallest absolute Gasteiger partial charge is 0.161 e. The molecule has 0 unspecified atom stereocenters. The van der Waals surface area contributed by atoms with Crippen molar-refractivity contribution in [3.63, 3.8) is 0 Å². The SMILES string of the molecule is COc1ccccc1OCc1cncs1. The second-order valence-electron chi connectivity index (χ2n) is 2.91. The summed E-state index contributed by atoms with van der Waals surface area (Å²) in [6.07, 6.45) is 1.81. The molecule has 0 aliphatic carbocycles. The Morgan fingerprint density at radius 1 is 1.27 bits per heavy atom. The number of thiazole rings is 1. The number of aromatic nitrogens is 1. The number of nitrogens with zero attached hydrogens (tertiary/aromatic N) is 1. The van der Waals surface area contributed by atoms with E-state index in [1.54, 1.807) is 30.2 Å². The first-order valence-corrected chi connectivity index (χ1v) is 5.41. The monoisotopic (exact) mass is 221 g/mol. The molecule has 4 heteroatoms. The van der Waals surface area contributed by atoms with Gasteiger partial charge < -0.3 is 9.47 Å². The van der Waals surface area contributed by atoms with Crippen LogP contribution in [0.4, 0.5) is 0 Å². The predicted molar refractivity (Wildman–Crippen MR) is 59.4 cm³/mol. The van der Waals surface area contributed by atoms with Gasteiger partial charge in [-0.05, 0) is 12.1 Å². The van der Waals surface area contributed by atoms with Gasteiger partial charge in [-0.3, -0.25) is 4.98 Å². The van der Waals surface area contributed by atoms with Crippen molar-refractivity contribution in [2.24, 2.45) is 0 Å². The van der Waals surface area contributed by atoms with Crippen LogP contribution in [0.15, 0.2) is 36.0 Å². The molecule has 15 heavy (non-hydrogen) atoms. The number of para-hydroxylation sites is 2. The maximum absolute atomic E-state index is 5.62. The van der Waals surface area contributed by atoms with E-state index < -0.39 is 0 Å². The van der Waals surface area contributed by atoms with E-state index in [2.05, 4.69) is 4.98 Å². The lowest BCUT2D eigenvalue weighted by Gasteiger charge is -2.08. The number of hydrogen-bond acceptors (Lipinski definition) is 4. The maximum Gasteiger partial charge on any atom is 0.161 e. The van der Waals surface area contributed by atoms with Crippen LogP contribution in [-0.4, -0.2) is 12.1 Å². The summed E-state index contributed by atoms with van der Waals surface area (Å²) < 4.78 is 10.8. The highest BCUT2D eigenvalue weighted by Gasteiger charge is 2.03. The molecule has 0 amide bonds. The van der Waals surface area contributed by atoms with Crippen molar-refractivity contribution in [3.05, 3.63) is 40.8 Å². The summed E-state index contributed by atoms with van der Waals surface area (Å²) in [7, 11) is 1.63. The van der Waals surface area contributed by atoms with Gasteiger partial charge in [0.15, 0.2) is 11.5 Å². The van der Waals surface area contributed by atoms with E-state index >= 15 is 0 Å². The fourth-order valence-corrected chi connectivity index (χ4v) is 1.71. The molecule has 3 nitrogen and oxygen atoms in total. The normalized spacial score (nSPS) is 9.93. The molecule has 0 aliphatic heterocycles. The molecule has 0 atom stereocenters. The highest BCUT2D eigenvalue weighted by atomic mass is 32.1. The number of rotatable bonds is 4. The van der Waals surface area contributed by atoms with Gasteiger partial charge in [0.1, 0.15) is 6.61 Å². The van der Waals surface area contributed by atoms with E-state index in [-0.39, 0.29) is 0 Å².